The molecule has 0 radical (unpaired) electrons. The lowest BCUT2D eigenvalue weighted by atomic mass is 9.68. The summed E-state index contributed by atoms with van der Waals surface area (Å²) >= 11 is 5.92. The van der Waals surface area contributed by atoms with Crippen LogP contribution in [-0.4, -0.2) is 18.9 Å². The first kappa shape index (κ1) is 16.2. The molecule has 3 N–H and O–H groups in total. The largest absolute Gasteiger partial charge is 0.395 e. The van der Waals surface area contributed by atoms with Gasteiger partial charge in [-0.05, 0) is 50.4 Å². The van der Waals surface area contributed by atoms with E-state index in [2.05, 4.69) is 19.2 Å². The molecular weight excluding hydrogens is 291 g/mol. The Labute approximate surface area is 130 Å². The van der Waals surface area contributed by atoms with Gasteiger partial charge in [0.1, 0.15) is 5.82 Å². The van der Waals surface area contributed by atoms with Crippen LogP contribution in [0.1, 0.15) is 43.5 Å². The average molecular weight is 313 g/mol. The first-order chi connectivity index (χ1) is 9.85. The van der Waals surface area contributed by atoms with Crippen molar-refractivity contribution in [2.45, 2.75) is 33.1 Å². The van der Waals surface area contributed by atoms with Crippen LogP contribution < -0.4 is 11.1 Å². The normalized spacial score (nSPS) is 18.0. The number of piperidine rings is 1. The lowest BCUT2D eigenvalue weighted by Gasteiger charge is -2.37. The van der Waals surface area contributed by atoms with E-state index in [9.17, 15) is 9.18 Å². The second-order valence-electron chi connectivity index (χ2n) is 6.31. The van der Waals surface area contributed by atoms with Crippen LogP contribution in [0.3, 0.4) is 0 Å². The Morgan fingerprint density at radius 2 is 2.05 bits per heavy atom. The number of halogens is 2. The molecule has 21 heavy (non-hydrogen) atoms. The van der Waals surface area contributed by atoms with E-state index in [1.54, 1.807) is 0 Å². The number of carbonyl (C=O) groups is 1. The van der Waals surface area contributed by atoms with Crippen molar-refractivity contribution in [3.63, 3.8) is 0 Å². The Morgan fingerprint density at radius 1 is 1.43 bits per heavy atom. The van der Waals surface area contributed by atoms with E-state index >= 15 is 0 Å². The Morgan fingerprint density at radius 3 is 2.57 bits per heavy atom. The summed E-state index contributed by atoms with van der Waals surface area (Å²) < 4.78 is 13.8. The van der Waals surface area contributed by atoms with E-state index in [1.165, 1.54) is 12.1 Å². The van der Waals surface area contributed by atoms with Crippen LogP contribution in [0.25, 0.3) is 0 Å². The number of nitrogens with one attached hydrogen (secondary N) is 1. The predicted molar refractivity (Wildman–Crippen MR) is 84.1 cm³/mol. The third-order valence-electron chi connectivity index (χ3n) is 4.18. The van der Waals surface area contributed by atoms with Gasteiger partial charge in [-0.1, -0.05) is 25.4 Å². The molecule has 0 spiro atoms. The van der Waals surface area contributed by atoms with E-state index in [0.717, 1.165) is 32.4 Å². The van der Waals surface area contributed by atoms with Crippen LogP contribution in [0, 0.1) is 17.2 Å². The molecule has 1 aliphatic heterocycles. The Kier molecular flexibility index (Phi) is 4.89. The quantitative estimate of drug-likeness (QED) is 0.659. The van der Waals surface area contributed by atoms with Gasteiger partial charge in [0.05, 0.1) is 10.7 Å². The van der Waals surface area contributed by atoms with Gasteiger partial charge in [0, 0.05) is 11.0 Å². The zero-order valence-electron chi connectivity index (χ0n) is 12.5. The summed E-state index contributed by atoms with van der Waals surface area (Å²) in [6.07, 6.45) is 2.35. The lowest BCUT2D eigenvalue weighted by molar-refractivity contribution is 0.0674. The highest BCUT2D eigenvalue weighted by atomic mass is 35.5. The predicted octanol–water partition coefficient (Wildman–Crippen LogP) is 3.66. The number of ketones is 1. The van der Waals surface area contributed by atoms with Crippen molar-refractivity contribution in [1.82, 2.24) is 5.32 Å². The number of benzene rings is 1. The molecule has 0 aliphatic carbocycles. The smallest absolute Gasteiger partial charge is 0.169 e. The molecule has 1 saturated heterocycles. The Hall–Kier alpha value is -1.13. The fourth-order valence-corrected chi connectivity index (χ4v) is 3.44. The van der Waals surface area contributed by atoms with Gasteiger partial charge in [0.25, 0.3) is 0 Å². The summed E-state index contributed by atoms with van der Waals surface area (Å²) in [4.78, 5) is 13.0. The third-order valence-corrected chi connectivity index (χ3v) is 4.50. The standard InChI is InChI=1S/C16H22ClFN2O/c1-10(2)9-16(3-5-20-6-4-16)15(21)11-7-12(17)14(19)13(18)8-11/h7-8,10,20H,3-6,9,19H2,1-2H3. The highest BCUT2D eigenvalue weighted by Gasteiger charge is 2.40. The molecule has 1 fully saturated rings. The van der Waals surface area contributed by atoms with E-state index in [4.69, 9.17) is 17.3 Å². The van der Waals surface area contributed by atoms with Crippen molar-refractivity contribution in [3.8, 4) is 0 Å². The maximum absolute atomic E-state index is 13.8. The van der Waals surface area contributed by atoms with Gasteiger partial charge in [-0.2, -0.15) is 0 Å². The summed E-state index contributed by atoms with van der Waals surface area (Å²) in [5, 5.41) is 3.38. The number of hydrogen-bond donors (Lipinski definition) is 2. The number of anilines is 1. The number of carbonyl (C=O) groups excluding carboxylic acids is 1. The monoisotopic (exact) mass is 312 g/mol. The number of nitrogen functional groups attached to an aromatic ring is 1. The van der Waals surface area contributed by atoms with Crippen molar-refractivity contribution in [2.24, 2.45) is 11.3 Å². The molecule has 0 unspecified atom stereocenters. The van der Waals surface area contributed by atoms with Crippen LogP contribution in [0.5, 0.6) is 0 Å². The molecule has 1 aliphatic rings. The van der Waals surface area contributed by atoms with E-state index in [0.29, 0.717) is 11.5 Å². The fraction of sp³-hybridized carbons (Fsp3) is 0.562. The molecule has 0 amide bonds. The van der Waals surface area contributed by atoms with Crippen LogP contribution in [-0.2, 0) is 0 Å². The van der Waals surface area contributed by atoms with Gasteiger partial charge in [-0.3, -0.25) is 4.79 Å². The van der Waals surface area contributed by atoms with Crippen LogP contribution in [0.2, 0.25) is 5.02 Å². The van der Waals surface area contributed by atoms with Gasteiger partial charge in [0.2, 0.25) is 0 Å². The Bertz CT molecular complexity index is 516. The van der Waals surface area contributed by atoms with Gasteiger partial charge in [-0.25, -0.2) is 4.39 Å². The molecule has 3 nitrogen and oxygen atoms in total. The summed E-state index contributed by atoms with van der Waals surface area (Å²) in [7, 11) is 0. The molecule has 0 atom stereocenters. The summed E-state index contributed by atoms with van der Waals surface area (Å²) in [6.45, 7) is 5.83. The van der Waals surface area contributed by atoms with E-state index < -0.39 is 11.2 Å². The number of Topliss-reactive ketones (excluding diaryl/α,β-unsaturated/α-hetero) is 1. The molecular formula is C16H22ClFN2O. The maximum atomic E-state index is 13.8. The molecule has 116 valence electrons. The SMILES string of the molecule is CC(C)CC1(C(=O)c2cc(F)c(N)c(Cl)c2)CCNCC1. The minimum atomic E-state index is -0.625. The highest BCUT2D eigenvalue weighted by Crippen LogP contribution is 2.40. The molecule has 0 saturated carbocycles. The van der Waals surface area contributed by atoms with Crippen LogP contribution in [0.15, 0.2) is 12.1 Å². The van der Waals surface area contributed by atoms with Crippen molar-refractivity contribution in [3.05, 3.63) is 28.5 Å². The van der Waals surface area contributed by atoms with Crippen molar-refractivity contribution in [1.29, 1.82) is 0 Å². The molecule has 5 heteroatoms. The van der Waals surface area contributed by atoms with Crippen LogP contribution in [0.4, 0.5) is 10.1 Å². The number of hydrogen-bond acceptors (Lipinski definition) is 3. The minimum absolute atomic E-state index is 0.0153. The maximum Gasteiger partial charge on any atom is 0.169 e. The average Bonchev–Trinajstić information content (AvgIpc) is 2.43. The number of rotatable bonds is 4. The zero-order chi connectivity index (χ0) is 15.6. The van der Waals surface area contributed by atoms with Gasteiger partial charge in [-0.15, -0.1) is 0 Å². The second-order valence-corrected chi connectivity index (χ2v) is 6.72. The first-order valence-electron chi connectivity index (χ1n) is 7.36. The van der Waals surface area contributed by atoms with Gasteiger partial charge in [0.15, 0.2) is 5.78 Å². The summed E-state index contributed by atoms with van der Waals surface area (Å²) in [5.74, 6) is -0.237. The molecule has 2 rings (SSSR count). The van der Waals surface area contributed by atoms with Crippen molar-refractivity contribution in [2.75, 3.05) is 18.8 Å². The molecule has 1 aromatic rings. The lowest BCUT2D eigenvalue weighted by Crippen LogP contribution is -2.43. The first-order valence-corrected chi connectivity index (χ1v) is 7.73. The van der Waals surface area contributed by atoms with E-state index in [1.807, 2.05) is 0 Å². The van der Waals surface area contributed by atoms with Gasteiger partial charge < -0.3 is 11.1 Å². The second kappa shape index (κ2) is 6.32. The minimum Gasteiger partial charge on any atom is -0.395 e. The van der Waals surface area contributed by atoms with Gasteiger partial charge >= 0.3 is 0 Å². The fourth-order valence-electron chi connectivity index (χ4n) is 3.23. The zero-order valence-corrected chi connectivity index (χ0v) is 13.3. The number of nitrogens with two attached hydrogens (primary N) is 1. The molecule has 0 aromatic heterocycles. The molecule has 1 aromatic carbocycles. The molecule has 0 bridgehead atoms. The van der Waals surface area contributed by atoms with Crippen molar-refractivity contribution < 1.29 is 9.18 Å². The molecule has 1 heterocycles. The summed E-state index contributed by atoms with van der Waals surface area (Å²) in [5.41, 5.74) is 5.32. The summed E-state index contributed by atoms with van der Waals surface area (Å²) in [6, 6.07) is 2.71. The topological polar surface area (TPSA) is 55.1 Å². The third kappa shape index (κ3) is 3.38. The van der Waals surface area contributed by atoms with Crippen molar-refractivity contribution >= 4 is 23.1 Å². The Balaban J connectivity index is 2.38. The van der Waals surface area contributed by atoms with E-state index in [-0.39, 0.29) is 16.5 Å². The highest BCUT2D eigenvalue weighted by molar-refractivity contribution is 6.33. The van der Waals surface area contributed by atoms with Crippen LogP contribution >= 0.6 is 11.6 Å².